The molecule has 2 aliphatic heterocycles. The molecule has 0 aromatic rings. The second-order valence-electron chi connectivity index (χ2n) is 9.12. The van der Waals surface area contributed by atoms with Crippen molar-refractivity contribution in [1.82, 2.24) is 10.6 Å². The van der Waals surface area contributed by atoms with Crippen molar-refractivity contribution in [3.63, 3.8) is 0 Å². The van der Waals surface area contributed by atoms with E-state index in [0.717, 1.165) is 47.6 Å². The van der Waals surface area contributed by atoms with Gasteiger partial charge in [-0.2, -0.15) is 23.5 Å². The standard InChI is InChI=1S/C22H36N2O3S2/c1-15(17-11-21(3,4)19(25)23-17)13-28-9-7-27-8-10-29-14-16(2)18-12-22(5,6)20(26)24-18/h11-12,15-16H,7-10,13-14H2,1-6H3,(H,23,25)(H,24,26). The average molecular weight is 441 g/mol. The van der Waals surface area contributed by atoms with Gasteiger partial charge in [-0.05, 0) is 39.8 Å². The van der Waals surface area contributed by atoms with Crippen LogP contribution in [-0.4, -0.2) is 48.0 Å². The molecule has 164 valence electrons. The monoisotopic (exact) mass is 440 g/mol. The van der Waals surface area contributed by atoms with Crippen molar-refractivity contribution >= 4 is 35.3 Å². The maximum atomic E-state index is 11.9. The zero-order chi connectivity index (χ0) is 21.7. The number of hydrogen-bond acceptors (Lipinski definition) is 5. The number of amides is 2. The van der Waals surface area contributed by atoms with Gasteiger partial charge in [0.25, 0.3) is 0 Å². The summed E-state index contributed by atoms with van der Waals surface area (Å²) >= 11 is 3.73. The zero-order valence-electron chi connectivity index (χ0n) is 18.6. The minimum absolute atomic E-state index is 0.0924. The minimum Gasteiger partial charge on any atom is -0.380 e. The van der Waals surface area contributed by atoms with E-state index < -0.39 is 0 Å². The summed E-state index contributed by atoms with van der Waals surface area (Å²) < 4.78 is 5.74. The Morgan fingerprint density at radius 3 is 1.52 bits per heavy atom. The van der Waals surface area contributed by atoms with Crippen LogP contribution in [0.1, 0.15) is 41.5 Å². The molecule has 2 rings (SSSR count). The van der Waals surface area contributed by atoms with Crippen LogP contribution in [0.3, 0.4) is 0 Å². The Labute approximate surface area is 184 Å². The quantitative estimate of drug-likeness (QED) is 0.452. The molecule has 2 amide bonds. The highest BCUT2D eigenvalue weighted by Gasteiger charge is 2.34. The topological polar surface area (TPSA) is 67.4 Å². The van der Waals surface area contributed by atoms with E-state index in [1.165, 1.54) is 0 Å². The van der Waals surface area contributed by atoms with Crippen molar-refractivity contribution in [2.24, 2.45) is 22.7 Å². The van der Waals surface area contributed by atoms with Gasteiger partial charge in [-0.25, -0.2) is 0 Å². The summed E-state index contributed by atoms with van der Waals surface area (Å²) in [4.78, 5) is 23.7. The minimum atomic E-state index is -0.386. The van der Waals surface area contributed by atoms with Crippen molar-refractivity contribution in [2.45, 2.75) is 41.5 Å². The third-order valence-corrected chi connectivity index (χ3v) is 7.64. The molecule has 2 N–H and O–H groups in total. The second-order valence-corrected chi connectivity index (χ2v) is 11.4. The van der Waals surface area contributed by atoms with E-state index in [1.54, 1.807) is 0 Å². The fraction of sp³-hybridized carbons (Fsp3) is 0.727. The van der Waals surface area contributed by atoms with Gasteiger partial charge in [-0.15, -0.1) is 0 Å². The summed E-state index contributed by atoms with van der Waals surface area (Å²) in [6, 6.07) is 0. The summed E-state index contributed by atoms with van der Waals surface area (Å²) in [5.74, 6) is 4.76. The SMILES string of the molecule is CC(CSCCOCCSCC(C)C1=CC(C)(C)C(=O)N1)C1=CC(C)(C)C(=O)N1. The molecule has 0 aromatic heterocycles. The highest BCUT2D eigenvalue weighted by atomic mass is 32.2. The first kappa shape index (κ1) is 24.4. The third-order valence-electron chi connectivity index (χ3n) is 5.26. The van der Waals surface area contributed by atoms with Crippen molar-refractivity contribution in [2.75, 3.05) is 36.2 Å². The maximum absolute atomic E-state index is 11.9. The summed E-state index contributed by atoms with van der Waals surface area (Å²) in [6.45, 7) is 13.6. The van der Waals surface area contributed by atoms with Crippen molar-refractivity contribution in [1.29, 1.82) is 0 Å². The van der Waals surface area contributed by atoms with Gasteiger partial charge >= 0.3 is 0 Å². The highest BCUT2D eigenvalue weighted by Crippen LogP contribution is 2.30. The van der Waals surface area contributed by atoms with E-state index in [-0.39, 0.29) is 22.6 Å². The van der Waals surface area contributed by atoms with Gasteiger partial charge in [-0.3, -0.25) is 9.59 Å². The number of thioether (sulfide) groups is 2. The van der Waals surface area contributed by atoms with Crippen molar-refractivity contribution < 1.29 is 14.3 Å². The van der Waals surface area contributed by atoms with Crippen molar-refractivity contribution in [3.05, 3.63) is 23.5 Å². The molecule has 0 spiro atoms. The molecule has 0 aliphatic carbocycles. The third kappa shape index (κ3) is 7.07. The summed E-state index contributed by atoms with van der Waals surface area (Å²) in [5.41, 5.74) is 1.33. The lowest BCUT2D eigenvalue weighted by atomic mass is 9.93. The maximum Gasteiger partial charge on any atom is 0.233 e. The molecule has 0 saturated carbocycles. The Kier molecular flexibility index (Phi) is 8.73. The van der Waals surface area contributed by atoms with Crippen LogP contribution >= 0.6 is 23.5 Å². The number of allylic oxidation sites excluding steroid dienone is 2. The molecule has 29 heavy (non-hydrogen) atoms. The first-order valence-corrected chi connectivity index (χ1v) is 12.7. The van der Waals surface area contributed by atoms with E-state index in [1.807, 2.05) is 51.2 Å². The fourth-order valence-electron chi connectivity index (χ4n) is 3.13. The van der Waals surface area contributed by atoms with Gasteiger partial charge in [0, 0.05) is 46.2 Å². The lowest BCUT2D eigenvalue weighted by Gasteiger charge is -2.13. The average Bonchev–Trinajstić information content (AvgIpc) is 3.07. The van der Waals surface area contributed by atoms with Crippen LogP contribution in [0, 0.1) is 22.7 Å². The van der Waals surface area contributed by atoms with Crippen molar-refractivity contribution in [3.8, 4) is 0 Å². The van der Waals surface area contributed by atoms with Crippen LogP contribution < -0.4 is 10.6 Å². The molecular formula is C22H36N2O3S2. The Bertz CT molecular complexity index is 615. The molecule has 2 aliphatic rings. The van der Waals surface area contributed by atoms with E-state index in [0.29, 0.717) is 11.8 Å². The van der Waals surface area contributed by atoms with Gasteiger partial charge < -0.3 is 15.4 Å². The number of rotatable bonds is 12. The second kappa shape index (κ2) is 10.4. The Morgan fingerprint density at radius 2 is 1.21 bits per heavy atom. The number of hydrogen-bond donors (Lipinski definition) is 2. The fourth-order valence-corrected chi connectivity index (χ4v) is 5.00. The molecule has 0 fully saturated rings. The number of carbonyl (C=O) groups is 2. The van der Waals surface area contributed by atoms with Gasteiger partial charge in [0.2, 0.25) is 11.8 Å². The Morgan fingerprint density at radius 1 is 0.828 bits per heavy atom. The smallest absolute Gasteiger partial charge is 0.233 e. The predicted molar refractivity (Wildman–Crippen MR) is 124 cm³/mol. The molecule has 2 atom stereocenters. The van der Waals surface area contributed by atoms with Crippen LogP contribution in [0.5, 0.6) is 0 Å². The van der Waals surface area contributed by atoms with Gasteiger partial charge in [-0.1, -0.05) is 13.8 Å². The van der Waals surface area contributed by atoms with E-state index in [4.69, 9.17) is 4.74 Å². The summed E-state index contributed by atoms with van der Waals surface area (Å²) in [6.07, 6.45) is 4.12. The lowest BCUT2D eigenvalue weighted by Crippen LogP contribution is -2.28. The number of ether oxygens (including phenoxy) is 1. The molecule has 0 saturated heterocycles. The van der Waals surface area contributed by atoms with Crippen LogP contribution in [0.25, 0.3) is 0 Å². The molecule has 0 aromatic carbocycles. The first-order chi connectivity index (χ1) is 13.5. The largest absolute Gasteiger partial charge is 0.380 e. The zero-order valence-corrected chi connectivity index (χ0v) is 20.2. The molecule has 0 bridgehead atoms. The summed E-state index contributed by atoms with van der Waals surface area (Å²) in [5, 5.41) is 6.01. The van der Waals surface area contributed by atoms with E-state index in [9.17, 15) is 9.59 Å². The highest BCUT2D eigenvalue weighted by molar-refractivity contribution is 7.99. The molecule has 5 nitrogen and oxygen atoms in total. The molecule has 0 radical (unpaired) electrons. The predicted octanol–water partition coefficient (Wildman–Crippen LogP) is 3.82. The van der Waals surface area contributed by atoms with Crippen LogP contribution in [0.4, 0.5) is 0 Å². The number of carbonyl (C=O) groups excluding carboxylic acids is 2. The molecule has 2 unspecified atom stereocenters. The van der Waals surface area contributed by atoms with Crippen LogP contribution in [-0.2, 0) is 14.3 Å². The van der Waals surface area contributed by atoms with Gasteiger partial charge in [0.05, 0.1) is 24.0 Å². The Balaban J connectivity index is 1.49. The number of nitrogens with one attached hydrogen (secondary N) is 2. The first-order valence-electron chi connectivity index (χ1n) is 10.3. The van der Waals surface area contributed by atoms with Gasteiger partial charge in [0.1, 0.15) is 0 Å². The van der Waals surface area contributed by atoms with E-state index >= 15 is 0 Å². The van der Waals surface area contributed by atoms with Crippen LogP contribution in [0.2, 0.25) is 0 Å². The molecular weight excluding hydrogens is 404 g/mol. The normalized spacial score (nSPS) is 22.0. The van der Waals surface area contributed by atoms with Gasteiger partial charge in [0.15, 0.2) is 0 Å². The molecule has 2 heterocycles. The Hall–Kier alpha value is -0.920. The van der Waals surface area contributed by atoms with E-state index in [2.05, 4.69) is 36.6 Å². The van der Waals surface area contributed by atoms with Crippen LogP contribution in [0.15, 0.2) is 23.5 Å². The summed E-state index contributed by atoms with van der Waals surface area (Å²) in [7, 11) is 0. The lowest BCUT2D eigenvalue weighted by molar-refractivity contribution is -0.126. The molecule has 7 heteroatoms.